The van der Waals surface area contributed by atoms with Gasteiger partial charge in [-0.2, -0.15) is 0 Å². The van der Waals surface area contributed by atoms with Crippen molar-refractivity contribution in [2.24, 2.45) is 0 Å². The molecular weight excluding hydrogens is 249 g/mol. The van der Waals surface area contributed by atoms with Crippen LogP contribution in [-0.2, 0) is 4.74 Å². The summed E-state index contributed by atoms with van der Waals surface area (Å²) in [6.45, 7) is -0.933. The average molecular weight is 256 g/mol. The summed E-state index contributed by atoms with van der Waals surface area (Å²) in [4.78, 5) is 10.5. The van der Waals surface area contributed by atoms with Crippen molar-refractivity contribution in [3.8, 4) is 5.75 Å². The number of hydrogen-bond acceptors (Lipinski definition) is 4. The molecule has 0 fully saturated rings. The van der Waals surface area contributed by atoms with E-state index < -0.39 is 18.9 Å². The number of carboxylic acid groups (broad SMARTS) is 1. The molecule has 0 unspecified atom stereocenters. The second kappa shape index (κ2) is 5.17. The zero-order valence-electron chi connectivity index (χ0n) is 7.78. The first-order valence-corrected chi connectivity index (χ1v) is 4.92. The Hall–Kier alpha value is -1.28. The average Bonchev–Trinajstić information content (AvgIpc) is 2.59. The molecule has 1 heterocycles. The van der Waals surface area contributed by atoms with Crippen LogP contribution in [0.25, 0.3) is 0 Å². The second-order valence-corrected chi connectivity index (χ2v) is 3.51. The van der Waals surface area contributed by atoms with Crippen LogP contribution in [0.5, 0.6) is 5.75 Å². The minimum absolute atomic E-state index is 0.0618. The fourth-order valence-electron chi connectivity index (χ4n) is 0.824. The summed E-state index contributed by atoms with van der Waals surface area (Å²) in [7, 11) is 0. The molecule has 0 aromatic carbocycles. The molecule has 8 heteroatoms. The molecule has 1 N–H and O–H groups in total. The van der Waals surface area contributed by atoms with Crippen molar-refractivity contribution in [3.05, 3.63) is 16.3 Å². The Morgan fingerprint density at radius 3 is 2.62 bits per heavy atom. The van der Waals surface area contributed by atoms with Gasteiger partial charge in [0.1, 0.15) is 17.2 Å². The zero-order chi connectivity index (χ0) is 12.2. The number of carbonyl (C=O) groups is 1. The lowest BCUT2D eigenvalue weighted by Crippen LogP contribution is -2.18. The van der Waals surface area contributed by atoms with Crippen LogP contribution in [0, 0.1) is 0 Å². The van der Waals surface area contributed by atoms with Crippen molar-refractivity contribution in [3.63, 3.8) is 0 Å². The third kappa shape index (κ3) is 4.49. The normalized spacial score (nSPS) is 11.4. The van der Waals surface area contributed by atoms with E-state index in [-0.39, 0.29) is 17.2 Å². The summed E-state index contributed by atoms with van der Waals surface area (Å²) < 4.78 is 42.9. The second-order valence-electron chi connectivity index (χ2n) is 2.59. The molecule has 1 aromatic heterocycles. The maximum Gasteiger partial charge on any atom is 0.522 e. The number of thiophene rings is 1. The van der Waals surface area contributed by atoms with Gasteiger partial charge in [0, 0.05) is 11.4 Å². The summed E-state index contributed by atoms with van der Waals surface area (Å²) in [5.74, 6) is -0.889. The third-order valence-electron chi connectivity index (χ3n) is 1.40. The molecule has 0 aliphatic carbocycles. The minimum Gasteiger partial charge on any atom is -0.490 e. The number of halogens is 3. The van der Waals surface area contributed by atoms with Crippen LogP contribution in [0.4, 0.5) is 13.2 Å². The SMILES string of the molecule is O=C(O)c1cc(OCCOC(F)(F)F)cs1. The highest BCUT2D eigenvalue weighted by atomic mass is 32.1. The first-order chi connectivity index (χ1) is 7.38. The Morgan fingerprint density at radius 2 is 2.12 bits per heavy atom. The topological polar surface area (TPSA) is 55.8 Å². The molecule has 0 radical (unpaired) electrons. The molecule has 0 spiro atoms. The molecule has 0 amide bonds. The molecule has 0 saturated carbocycles. The van der Waals surface area contributed by atoms with E-state index in [2.05, 4.69) is 4.74 Å². The molecule has 0 atom stereocenters. The van der Waals surface area contributed by atoms with E-state index in [1.165, 1.54) is 11.4 Å². The van der Waals surface area contributed by atoms with E-state index >= 15 is 0 Å². The number of aromatic carboxylic acids is 1. The van der Waals surface area contributed by atoms with E-state index in [1.54, 1.807) is 0 Å². The Kier molecular flexibility index (Phi) is 4.13. The summed E-state index contributed by atoms with van der Waals surface area (Å²) in [6.07, 6.45) is -4.68. The van der Waals surface area contributed by atoms with Gasteiger partial charge in [0.05, 0.1) is 6.61 Å². The zero-order valence-corrected chi connectivity index (χ0v) is 8.60. The van der Waals surface area contributed by atoms with E-state index in [4.69, 9.17) is 9.84 Å². The van der Waals surface area contributed by atoms with Gasteiger partial charge < -0.3 is 9.84 Å². The van der Waals surface area contributed by atoms with Crippen molar-refractivity contribution in [2.45, 2.75) is 6.36 Å². The van der Waals surface area contributed by atoms with Gasteiger partial charge in [-0.15, -0.1) is 24.5 Å². The maximum atomic E-state index is 11.5. The fourth-order valence-corrected chi connectivity index (χ4v) is 1.49. The molecule has 90 valence electrons. The van der Waals surface area contributed by atoms with Gasteiger partial charge in [-0.05, 0) is 0 Å². The number of rotatable bonds is 5. The predicted molar refractivity (Wildman–Crippen MR) is 48.8 cm³/mol. The highest BCUT2D eigenvalue weighted by Gasteiger charge is 2.28. The minimum atomic E-state index is -4.68. The van der Waals surface area contributed by atoms with E-state index in [9.17, 15) is 18.0 Å². The first kappa shape index (κ1) is 12.8. The smallest absolute Gasteiger partial charge is 0.490 e. The Labute approximate surface area is 92.2 Å². The Morgan fingerprint density at radius 1 is 1.44 bits per heavy atom. The van der Waals surface area contributed by atoms with Crippen LogP contribution in [0.3, 0.4) is 0 Å². The standard InChI is InChI=1S/C8H7F3O4S/c9-8(10,11)15-2-1-14-5-3-6(7(12)13)16-4-5/h3-4H,1-2H2,(H,12,13). The molecule has 0 aliphatic heterocycles. The largest absolute Gasteiger partial charge is 0.522 e. The maximum absolute atomic E-state index is 11.5. The Bertz CT molecular complexity index is 360. The van der Waals surface area contributed by atoms with E-state index in [0.29, 0.717) is 0 Å². The number of alkyl halides is 3. The predicted octanol–water partition coefficient (Wildman–Crippen LogP) is 2.36. The van der Waals surface area contributed by atoms with Crippen molar-refractivity contribution >= 4 is 17.3 Å². The highest BCUT2D eigenvalue weighted by Crippen LogP contribution is 2.21. The molecule has 0 aliphatic rings. The fraction of sp³-hybridized carbons (Fsp3) is 0.375. The van der Waals surface area contributed by atoms with Gasteiger partial charge in [-0.25, -0.2) is 4.79 Å². The molecule has 16 heavy (non-hydrogen) atoms. The van der Waals surface area contributed by atoms with Crippen LogP contribution in [0.2, 0.25) is 0 Å². The lowest BCUT2D eigenvalue weighted by molar-refractivity contribution is -0.325. The van der Waals surface area contributed by atoms with Crippen molar-refractivity contribution < 1.29 is 32.5 Å². The van der Waals surface area contributed by atoms with E-state index in [0.717, 1.165) is 11.3 Å². The van der Waals surface area contributed by atoms with Gasteiger partial charge in [-0.1, -0.05) is 0 Å². The highest BCUT2D eigenvalue weighted by molar-refractivity contribution is 7.12. The van der Waals surface area contributed by atoms with Crippen LogP contribution >= 0.6 is 11.3 Å². The molecule has 0 saturated heterocycles. The van der Waals surface area contributed by atoms with Crippen molar-refractivity contribution in [1.82, 2.24) is 0 Å². The molecule has 1 aromatic rings. The van der Waals surface area contributed by atoms with Crippen LogP contribution in [0.15, 0.2) is 11.4 Å². The van der Waals surface area contributed by atoms with Gasteiger partial charge in [0.2, 0.25) is 0 Å². The lowest BCUT2D eigenvalue weighted by atomic mass is 10.4. The number of hydrogen-bond donors (Lipinski definition) is 1. The van der Waals surface area contributed by atoms with Gasteiger partial charge in [0.15, 0.2) is 0 Å². The summed E-state index contributed by atoms with van der Waals surface area (Å²) in [6, 6.07) is 1.24. The molecule has 4 nitrogen and oxygen atoms in total. The van der Waals surface area contributed by atoms with Gasteiger partial charge >= 0.3 is 12.3 Å². The molecule has 1 rings (SSSR count). The van der Waals surface area contributed by atoms with Crippen LogP contribution in [0.1, 0.15) is 9.67 Å². The monoisotopic (exact) mass is 256 g/mol. The van der Waals surface area contributed by atoms with E-state index in [1.807, 2.05) is 0 Å². The summed E-state index contributed by atoms with van der Waals surface area (Å²) in [5, 5.41) is 9.96. The first-order valence-electron chi connectivity index (χ1n) is 4.04. The summed E-state index contributed by atoms with van der Waals surface area (Å²) >= 11 is 0.934. The van der Waals surface area contributed by atoms with Crippen LogP contribution < -0.4 is 4.74 Å². The third-order valence-corrected chi connectivity index (χ3v) is 2.30. The number of ether oxygens (including phenoxy) is 2. The lowest BCUT2D eigenvalue weighted by Gasteiger charge is -2.07. The van der Waals surface area contributed by atoms with Crippen molar-refractivity contribution in [1.29, 1.82) is 0 Å². The van der Waals surface area contributed by atoms with Gasteiger partial charge in [0.25, 0.3) is 0 Å². The van der Waals surface area contributed by atoms with Crippen LogP contribution in [-0.4, -0.2) is 30.7 Å². The number of carboxylic acids is 1. The molecule has 0 bridgehead atoms. The van der Waals surface area contributed by atoms with Crippen molar-refractivity contribution in [2.75, 3.05) is 13.2 Å². The van der Waals surface area contributed by atoms with Gasteiger partial charge in [-0.3, -0.25) is 4.74 Å². The quantitative estimate of drug-likeness (QED) is 0.822. The Balaban J connectivity index is 2.30. The summed E-state index contributed by atoms with van der Waals surface area (Å²) in [5.41, 5.74) is 0. The molecular formula is C8H7F3O4S.